The maximum atomic E-state index is 6.62. The lowest BCUT2D eigenvalue weighted by atomic mass is 9.95. The average molecular weight is 729 g/mol. The van der Waals surface area contributed by atoms with Gasteiger partial charge in [0.15, 0.2) is 17.5 Å². The molecule has 8 aromatic carbocycles. The fourth-order valence-corrected chi connectivity index (χ4v) is 7.91. The van der Waals surface area contributed by atoms with Crippen LogP contribution in [0, 0.1) is 0 Å². The first-order valence-electron chi connectivity index (χ1n) is 19.0. The van der Waals surface area contributed by atoms with Gasteiger partial charge in [0.05, 0.1) is 16.6 Å². The van der Waals surface area contributed by atoms with Gasteiger partial charge in [0.2, 0.25) is 0 Å². The first-order chi connectivity index (χ1) is 28.2. The Balaban J connectivity index is 1.04. The number of aromatic nitrogens is 4. The summed E-state index contributed by atoms with van der Waals surface area (Å²) >= 11 is 0. The third-order valence-corrected chi connectivity index (χ3v) is 10.7. The summed E-state index contributed by atoms with van der Waals surface area (Å²) in [4.78, 5) is 20.2. The smallest absolute Gasteiger partial charge is 0.164 e. The maximum absolute atomic E-state index is 6.62. The van der Waals surface area contributed by atoms with Gasteiger partial charge in [-0.25, -0.2) is 19.9 Å². The van der Waals surface area contributed by atoms with Crippen molar-refractivity contribution in [2.75, 3.05) is 0 Å². The molecule has 0 N–H and O–H groups in total. The van der Waals surface area contributed by atoms with E-state index in [1.165, 1.54) is 16.3 Å². The van der Waals surface area contributed by atoms with Crippen molar-refractivity contribution in [2.24, 2.45) is 0 Å². The Morgan fingerprint density at radius 1 is 0.333 bits per heavy atom. The van der Waals surface area contributed by atoms with Gasteiger partial charge < -0.3 is 4.42 Å². The third kappa shape index (κ3) is 5.81. The van der Waals surface area contributed by atoms with Crippen LogP contribution in [0.5, 0.6) is 0 Å². The molecular weight excluding hydrogens is 697 g/mol. The predicted molar refractivity (Wildman–Crippen MR) is 233 cm³/mol. The van der Waals surface area contributed by atoms with Crippen molar-refractivity contribution in [3.63, 3.8) is 0 Å². The van der Waals surface area contributed by atoms with Gasteiger partial charge in [0.1, 0.15) is 11.2 Å². The summed E-state index contributed by atoms with van der Waals surface area (Å²) in [7, 11) is 0. The first kappa shape index (κ1) is 32.7. The molecule has 0 saturated carbocycles. The van der Waals surface area contributed by atoms with Crippen LogP contribution in [0.15, 0.2) is 199 Å². The number of nitrogens with zero attached hydrogens (tertiary/aromatic N) is 4. The molecule has 0 amide bonds. The first-order valence-corrected chi connectivity index (χ1v) is 19.0. The molecule has 11 aromatic rings. The number of rotatable bonds is 6. The lowest BCUT2D eigenvalue weighted by Crippen LogP contribution is -2.00. The summed E-state index contributed by atoms with van der Waals surface area (Å²) in [5, 5.41) is 5.50. The van der Waals surface area contributed by atoms with Crippen molar-refractivity contribution in [3.8, 4) is 67.7 Å². The van der Waals surface area contributed by atoms with Gasteiger partial charge in [-0.15, -0.1) is 0 Å². The molecule has 0 unspecified atom stereocenters. The summed E-state index contributed by atoms with van der Waals surface area (Å²) in [6, 6.07) is 66.9. The van der Waals surface area contributed by atoms with E-state index in [0.29, 0.717) is 17.5 Å². The minimum atomic E-state index is 0.613. The molecule has 0 spiro atoms. The fraction of sp³-hybridized carbons (Fsp3) is 0. The van der Waals surface area contributed by atoms with E-state index in [2.05, 4.69) is 121 Å². The van der Waals surface area contributed by atoms with Gasteiger partial charge in [0.25, 0.3) is 0 Å². The number of hydrogen-bond acceptors (Lipinski definition) is 5. The molecule has 0 bridgehead atoms. The Morgan fingerprint density at radius 2 is 0.877 bits per heavy atom. The van der Waals surface area contributed by atoms with Gasteiger partial charge in [0, 0.05) is 33.0 Å². The maximum Gasteiger partial charge on any atom is 0.164 e. The molecule has 5 nitrogen and oxygen atoms in total. The summed E-state index contributed by atoms with van der Waals surface area (Å²) in [6.45, 7) is 0. The number of para-hydroxylation sites is 1. The number of furan rings is 1. The lowest BCUT2D eigenvalue weighted by molar-refractivity contribution is 0.672. The molecule has 3 heterocycles. The van der Waals surface area contributed by atoms with Crippen LogP contribution in [0.1, 0.15) is 0 Å². The second-order valence-electron chi connectivity index (χ2n) is 14.2. The quantitative estimate of drug-likeness (QED) is 0.171. The van der Waals surface area contributed by atoms with Gasteiger partial charge >= 0.3 is 0 Å². The van der Waals surface area contributed by atoms with Crippen molar-refractivity contribution in [2.45, 2.75) is 0 Å². The summed E-state index contributed by atoms with van der Waals surface area (Å²) in [5.74, 6) is 1.88. The zero-order chi connectivity index (χ0) is 37.7. The lowest BCUT2D eigenvalue weighted by Gasteiger charge is -2.11. The van der Waals surface area contributed by atoms with Crippen molar-refractivity contribution >= 4 is 43.6 Å². The second kappa shape index (κ2) is 13.5. The summed E-state index contributed by atoms with van der Waals surface area (Å²) < 4.78 is 6.62. The highest BCUT2D eigenvalue weighted by Gasteiger charge is 2.19. The Hall–Kier alpha value is -7.76. The Morgan fingerprint density at radius 3 is 1.63 bits per heavy atom. The average Bonchev–Trinajstić information content (AvgIpc) is 3.69. The molecule has 0 radical (unpaired) electrons. The Bertz CT molecular complexity index is 3220. The number of fused-ring (bicyclic) bond motifs is 6. The van der Waals surface area contributed by atoms with Gasteiger partial charge in [-0.3, -0.25) is 0 Å². The van der Waals surface area contributed by atoms with E-state index in [1.54, 1.807) is 0 Å². The Labute approximate surface area is 328 Å². The fourth-order valence-electron chi connectivity index (χ4n) is 7.91. The van der Waals surface area contributed by atoms with Crippen LogP contribution < -0.4 is 0 Å². The van der Waals surface area contributed by atoms with Crippen LogP contribution in [-0.4, -0.2) is 19.9 Å². The van der Waals surface area contributed by atoms with Crippen molar-refractivity contribution in [3.05, 3.63) is 194 Å². The molecule has 266 valence electrons. The highest BCUT2D eigenvalue weighted by molar-refractivity contribution is 6.19. The van der Waals surface area contributed by atoms with Gasteiger partial charge in [-0.05, 0) is 57.3 Å². The van der Waals surface area contributed by atoms with E-state index >= 15 is 0 Å². The molecule has 0 fully saturated rings. The highest BCUT2D eigenvalue weighted by atomic mass is 16.3. The van der Waals surface area contributed by atoms with Crippen LogP contribution in [-0.2, 0) is 0 Å². The van der Waals surface area contributed by atoms with Gasteiger partial charge in [-0.1, -0.05) is 170 Å². The SMILES string of the molecule is c1ccc(-c2nc(-c3ccccc3)nc(-c3cccc(-c4ccc5c(c4)nc(-c4ccc(-c6cccc7ccccc67)cc4)c4c6ccccc6oc54)c3)n2)cc1. The summed E-state index contributed by atoms with van der Waals surface area (Å²) in [5.41, 5.74) is 11.7. The topological polar surface area (TPSA) is 64.7 Å². The molecular formula is C52H32N4O. The van der Waals surface area contributed by atoms with Crippen LogP contribution >= 0.6 is 0 Å². The molecule has 0 aliphatic heterocycles. The molecule has 0 aliphatic carbocycles. The van der Waals surface area contributed by atoms with Gasteiger partial charge in [-0.2, -0.15) is 0 Å². The van der Waals surface area contributed by atoms with E-state index in [1.807, 2.05) is 72.8 Å². The predicted octanol–water partition coefficient (Wildman–Crippen LogP) is 13.5. The van der Waals surface area contributed by atoms with E-state index in [4.69, 9.17) is 24.4 Å². The minimum Gasteiger partial charge on any atom is -0.455 e. The second-order valence-corrected chi connectivity index (χ2v) is 14.2. The number of pyridine rings is 1. The number of hydrogen-bond donors (Lipinski definition) is 0. The van der Waals surface area contributed by atoms with Crippen molar-refractivity contribution in [1.29, 1.82) is 0 Å². The van der Waals surface area contributed by atoms with E-state index < -0.39 is 0 Å². The zero-order valence-corrected chi connectivity index (χ0v) is 30.7. The van der Waals surface area contributed by atoms with E-state index in [-0.39, 0.29) is 0 Å². The molecule has 0 atom stereocenters. The molecule has 0 saturated heterocycles. The zero-order valence-electron chi connectivity index (χ0n) is 30.7. The van der Waals surface area contributed by atoms with Crippen LogP contribution in [0.4, 0.5) is 0 Å². The highest BCUT2D eigenvalue weighted by Crippen LogP contribution is 2.41. The van der Waals surface area contributed by atoms with Crippen molar-refractivity contribution < 1.29 is 4.42 Å². The van der Waals surface area contributed by atoms with Crippen LogP contribution in [0.3, 0.4) is 0 Å². The normalized spacial score (nSPS) is 11.5. The largest absolute Gasteiger partial charge is 0.455 e. The molecule has 0 aliphatic rings. The Kier molecular flexibility index (Phi) is 7.74. The van der Waals surface area contributed by atoms with Crippen LogP contribution in [0.2, 0.25) is 0 Å². The molecule has 11 rings (SSSR count). The minimum absolute atomic E-state index is 0.613. The molecule has 5 heteroatoms. The third-order valence-electron chi connectivity index (χ3n) is 10.7. The van der Waals surface area contributed by atoms with E-state index in [0.717, 1.165) is 77.5 Å². The monoisotopic (exact) mass is 728 g/mol. The molecule has 57 heavy (non-hydrogen) atoms. The van der Waals surface area contributed by atoms with Crippen LogP contribution in [0.25, 0.3) is 111 Å². The van der Waals surface area contributed by atoms with Crippen molar-refractivity contribution in [1.82, 2.24) is 19.9 Å². The van der Waals surface area contributed by atoms with E-state index in [9.17, 15) is 0 Å². The standard InChI is InChI=1S/C52H32N4O/c1-3-14-36(15-4-1)50-54-51(37-16-5-2-6-17-37)56-52(55-50)40-20-11-19-38(31-40)39-29-30-43-45(32-39)53-48(47-44-22-9-10-24-46(44)57-49(43)47)35-27-25-34(26-28-35)42-23-12-18-33-13-7-8-21-41(33)42/h1-32H. The molecule has 3 aromatic heterocycles. The summed E-state index contributed by atoms with van der Waals surface area (Å²) in [6.07, 6.45) is 0. The number of benzene rings is 8.